The van der Waals surface area contributed by atoms with E-state index in [9.17, 15) is 14.3 Å². The van der Waals surface area contributed by atoms with Gasteiger partial charge in [0.05, 0.1) is 36.0 Å². The maximum absolute atomic E-state index is 15.1. The number of fused-ring (bicyclic) bond motifs is 1. The number of nitrogens with one attached hydrogen (secondary N) is 1. The number of nitrogens with zero attached hydrogens (tertiary/aromatic N) is 3. The molecule has 2 N–H and O–H groups in total. The van der Waals surface area contributed by atoms with Crippen LogP contribution in [0.5, 0.6) is 0 Å². The molecule has 6 nitrogen and oxygen atoms in total. The van der Waals surface area contributed by atoms with Crippen molar-refractivity contribution in [2.24, 2.45) is 7.05 Å². The highest BCUT2D eigenvalue weighted by molar-refractivity contribution is 6.08. The summed E-state index contributed by atoms with van der Waals surface area (Å²) < 4.78 is 33.5. The van der Waals surface area contributed by atoms with E-state index in [0.717, 1.165) is 24.0 Å². The number of rotatable bonds is 5. The largest absolute Gasteiger partial charge is 0.391 e. The van der Waals surface area contributed by atoms with E-state index in [1.165, 1.54) is 12.1 Å². The maximum Gasteiger partial charge on any atom is 0.253 e. The van der Waals surface area contributed by atoms with Crippen LogP contribution in [0.15, 0.2) is 48.9 Å². The molecule has 0 bridgehead atoms. The summed E-state index contributed by atoms with van der Waals surface area (Å²) in [6, 6.07) is 7.63. The van der Waals surface area contributed by atoms with Crippen LogP contribution in [0.3, 0.4) is 0 Å². The molecule has 0 saturated heterocycles. The van der Waals surface area contributed by atoms with Crippen LogP contribution in [0, 0.1) is 18.6 Å². The van der Waals surface area contributed by atoms with Gasteiger partial charge in [-0.05, 0) is 43.0 Å². The van der Waals surface area contributed by atoms with Crippen LogP contribution >= 0.6 is 0 Å². The Labute approximate surface area is 202 Å². The number of carbonyl (C=O) groups excluding carboxylic acids is 1. The molecule has 1 aliphatic rings. The topological polar surface area (TPSA) is 72.1 Å². The Morgan fingerprint density at radius 3 is 2.63 bits per heavy atom. The standard InChI is InChI=1S/C27H28F2N4O2/c1-16-7-10-21(28)25-20(27(35)31-23-5-3-4-6-24(23)34)15-33(26(16)25)14-18-9-8-17(11-22(18)29)19-12-30-32(2)13-19/h7-13,15,23-24,34H,3-6,14H2,1-2H3,(H,31,35)/t23-,24-/m0/s1. The number of aryl methyl sites for hydroxylation is 2. The van der Waals surface area contributed by atoms with Crippen LogP contribution in [0.1, 0.15) is 47.2 Å². The highest BCUT2D eigenvalue weighted by Gasteiger charge is 2.27. The Balaban J connectivity index is 1.50. The van der Waals surface area contributed by atoms with Gasteiger partial charge >= 0.3 is 0 Å². The number of carbonyl (C=O) groups is 1. The summed E-state index contributed by atoms with van der Waals surface area (Å²) in [5.74, 6) is -1.33. The predicted octanol–water partition coefficient (Wildman–Crippen LogP) is 4.71. The van der Waals surface area contributed by atoms with Gasteiger partial charge in [0.2, 0.25) is 0 Å². The van der Waals surface area contributed by atoms with E-state index in [1.54, 1.807) is 40.8 Å². The molecule has 1 fully saturated rings. The molecule has 2 heterocycles. The zero-order valence-corrected chi connectivity index (χ0v) is 19.8. The van der Waals surface area contributed by atoms with Crippen molar-refractivity contribution in [3.8, 4) is 11.1 Å². The van der Waals surface area contributed by atoms with Gasteiger partial charge in [0.1, 0.15) is 11.6 Å². The van der Waals surface area contributed by atoms with Gasteiger partial charge in [0.15, 0.2) is 0 Å². The molecule has 182 valence electrons. The molecule has 4 aromatic rings. The SMILES string of the molecule is Cc1ccc(F)c2c(C(=O)N[C@H]3CCCC[C@@H]3O)cn(Cc3ccc(-c4cnn(C)c4)cc3F)c12. The Kier molecular flexibility index (Phi) is 6.15. The lowest BCUT2D eigenvalue weighted by molar-refractivity contribution is 0.0718. The highest BCUT2D eigenvalue weighted by atomic mass is 19.1. The number of aliphatic hydroxyl groups excluding tert-OH is 1. The first-order chi connectivity index (χ1) is 16.8. The van der Waals surface area contributed by atoms with Crippen LogP contribution in [0.25, 0.3) is 22.0 Å². The minimum atomic E-state index is -0.611. The van der Waals surface area contributed by atoms with Crippen molar-refractivity contribution < 1.29 is 18.7 Å². The molecule has 5 rings (SSSR count). The first-order valence-electron chi connectivity index (χ1n) is 11.9. The fourth-order valence-electron chi connectivity index (χ4n) is 5.01. The van der Waals surface area contributed by atoms with E-state index in [4.69, 9.17) is 0 Å². The van der Waals surface area contributed by atoms with E-state index in [-0.39, 0.29) is 23.5 Å². The van der Waals surface area contributed by atoms with Crippen LogP contribution in [-0.4, -0.2) is 37.5 Å². The van der Waals surface area contributed by atoms with E-state index in [0.29, 0.717) is 29.5 Å². The highest BCUT2D eigenvalue weighted by Crippen LogP contribution is 2.30. The first kappa shape index (κ1) is 23.2. The summed E-state index contributed by atoms with van der Waals surface area (Å²) in [5, 5.41) is 17.5. The molecule has 1 saturated carbocycles. The zero-order valence-electron chi connectivity index (χ0n) is 19.8. The molecule has 8 heteroatoms. The Morgan fingerprint density at radius 2 is 1.91 bits per heavy atom. The molecule has 0 unspecified atom stereocenters. The second-order valence-electron chi connectivity index (χ2n) is 9.40. The van der Waals surface area contributed by atoms with E-state index < -0.39 is 23.6 Å². The number of halogens is 2. The minimum Gasteiger partial charge on any atom is -0.391 e. The molecule has 0 radical (unpaired) electrons. The van der Waals surface area contributed by atoms with Gasteiger partial charge in [-0.25, -0.2) is 8.78 Å². The first-order valence-corrected chi connectivity index (χ1v) is 11.9. The predicted molar refractivity (Wildman–Crippen MR) is 130 cm³/mol. The number of hydrogen-bond acceptors (Lipinski definition) is 3. The number of hydrogen-bond donors (Lipinski definition) is 2. The molecule has 35 heavy (non-hydrogen) atoms. The molecule has 2 atom stereocenters. The van der Waals surface area contributed by atoms with Gasteiger partial charge in [-0.15, -0.1) is 0 Å². The third-order valence-corrected chi connectivity index (χ3v) is 6.89. The van der Waals surface area contributed by atoms with Crippen molar-refractivity contribution in [2.75, 3.05) is 0 Å². The summed E-state index contributed by atoms with van der Waals surface area (Å²) in [6.45, 7) is 1.98. The lowest BCUT2D eigenvalue weighted by Gasteiger charge is -2.28. The fourth-order valence-corrected chi connectivity index (χ4v) is 5.01. The van der Waals surface area contributed by atoms with Crippen molar-refractivity contribution in [1.82, 2.24) is 19.7 Å². The minimum absolute atomic E-state index is 0.138. The summed E-state index contributed by atoms with van der Waals surface area (Å²) in [4.78, 5) is 13.2. The molecule has 1 amide bonds. The second kappa shape index (κ2) is 9.26. The lowest BCUT2D eigenvalue weighted by Crippen LogP contribution is -2.45. The average Bonchev–Trinajstić information content (AvgIpc) is 3.44. The fraction of sp³-hybridized carbons (Fsp3) is 0.333. The maximum atomic E-state index is 15.1. The van der Waals surface area contributed by atoms with Crippen LogP contribution in [-0.2, 0) is 13.6 Å². The summed E-state index contributed by atoms with van der Waals surface area (Å²) >= 11 is 0. The Morgan fingerprint density at radius 1 is 1.11 bits per heavy atom. The molecule has 2 aromatic heterocycles. The third kappa shape index (κ3) is 4.46. The molecule has 0 spiro atoms. The van der Waals surface area contributed by atoms with Gasteiger partial charge in [-0.2, -0.15) is 5.10 Å². The molecule has 1 aliphatic carbocycles. The zero-order chi connectivity index (χ0) is 24.7. The normalized spacial score (nSPS) is 18.2. The lowest BCUT2D eigenvalue weighted by atomic mass is 9.92. The van der Waals surface area contributed by atoms with Crippen molar-refractivity contribution in [2.45, 2.75) is 51.3 Å². The Bertz CT molecular complexity index is 1410. The van der Waals surface area contributed by atoms with Crippen molar-refractivity contribution >= 4 is 16.8 Å². The summed E-state index contributed by atoms with van der Waals surface area (Å²) in [6.07, 6.45) is 7.62. The third-order valence-electron chi connectivity index (χ3n) is 6.89. The number of benzene rings is 2. The average molecular weight is 479 g/mol. The summed E-state index contributed by atoms with van der Waals surface area (Å²) in [5.41, 5.74) is 3.47. The van der Waals surface area contributed by atoms with Gasteiger partial charge in [-0.3, -0.25) is 9.48 Å². The quantitative estimate of drug-likeness (QED) is 0.436. The van der Waals surface area contributed by atoms with Gasteiger partial charge < -0.3 is 15.0 Å². The van der Waals surface area contributed by atoms with Crippen LogP contribution in [0.2, 0.25) is 0 Å². The number of aromatic nitrogens is 3. The van der Waals surface area contributed by atoms with Gasteiger partial charge in [0.25, 0.3) is 5.91 Å². The molecular weight excluding hydrogens is 450 g/mol. The molecule has 0 aliphatic heterocycles. The van der Waals surface area contributed by atoms with Crippen LogP contribution < -0.4 is 5.32 Å². The molecule has 2 aromatic carbocycles. The Hall–Kier alpha value is -3.52. The number of amides is 1. The second-order valence-corrected chi connectivity index (χ2v) is 9.40. The van der Waals surface area contributed by atoms with Crippen molar-refractivity contribution in [1.29, 1.82) is 0 Å². The molecular formula is C27H28F2N4O2. The van der Waals surface area contributed by atoms with Gasteiger partial charge in [0, 0.05) is 36.0 Å². The van der Waals surface area contributed by atoms with Crippen LogP contribution in [0.4, 0.5) is 8.78 Å². The van der Waals surface area contributed by atoms with Crippen molar-refractivity contribution in [3.63, 3.8) is 0 Å². The van der Waals surface area contributed by atoms with E-state index >= 15 is 4.39 Å². The van der Waals surface area contributed by atoms with E-state index in [1.807, 2.05) is 19.2 Å². The van der Waals surface area contributed by atoms with Crippen molar-refractivity contribution in [3.05, 3.63) is 77.2 Å². The monoisotopic (exact) mass is 478 g/mol. The summed E-state index contributed by atoms with van der Waals surface area (Å²) in [7, 11) is 1.80. The number of aliphatic hydroxyl groups is 1. The van der Waals surface area contributed by atoms with E-state index in [2.05, 4.69) is 10.4 Å². The smallest absolute Gasteiger partial charge is 0.253 e. The van der Waals surface area contributed by atoms with Gasteiger partial charge in [-0.1, -0.05) is 31.0 Å².